The van der Waals surface area contributed by atoms with Gasteiger partial charge in [-0.3, -0.25) is 10.1 Å². The fraction of sp³-hybridized carbons (Fsp3) is 0.278. The van der Waals surface area contributed by atoms with Crippen LogP contribution in [0, 0.1) is 6.92 Å². The molecule has 2 atom stereocenters. The van der Waals surface area contributed by atoms with Crippen molar-refractivity contribution in [1.29, 1.82) is 0 Å². The quantitative estimate of drug-likeness (QED) is 0.495. The molecule has 1 aliphatic heterocycles. The van der Waals surface area contributed by atoms with Crippen LogP contribution in [0.25, 0.3) is 10.2 Å². The smallest absolute Gasteiger partial charge is 0.258 e. The highest BCUT2D eigenvalue weighted by Crippen LogP contribution is 2.31. The normalized spacial score (nSPS) is 20.0. The van der Waals surface area contributed by atoms with Gasteiger partial charge in [0.1, 0.15) is 16.8 Å². The van der Waals surface area contributed by atoms with Crippen LogP contribution < -0.4 is 10.6 Å². The third-order valence-corrected chi connectivity index (χ3v) is 6.32. The molecule has 6 nitrogen and oxygen atoms in total. The Hall–Kier alpha value is -1.93. The summed E-state index contributed by atoms with van der Waals surface area (Å²) in [5.74, 6) is 0.239. The van der Waals surface area contributed by atoms with Gasteiger partial charge in [0.05, 0.1) is 15.8 Å². The molecule has 1 amide bonds. The lowest BCUT2D eigenvalue weighted by Gasteiger charge is -2.35. The molecule has 1 fully saturated rings. The Bertz CT molecular complexity index is 995. The first kappa shape index (κ1) is 18.4. The molecule has 9 heteroatoms. The van der Waals surface area contributed by atoms with Crippen LogP contribution in [0.4, 0.5) is 10.9 Å². The average Bonchev–Trinajstić information content (AvgIpc) is 3.08. The number of rotatable bonds is 3. The molecule has 0 radical (unpaired) electrons. The SMILES string of the molecule is Cc1cccc2sc(Nc3ncccc3C(=O)N3CCNC(Cl)C3Cl)nc12. The second-order valence-electron chi connectivity index (χ2n) is 6.19. The van der Waals surface area contributed by atoms with Gasteiger partial charge in [-0.15, -0.1) is 11.6 Å². The Labute approximate surface area is 170 Å². The topological polar surface area (TPSA) is 70.2 Å². The zero-order chi connectivity index (χ0) is 19.0. The summed E-state index contributed by atoms with van der Waals surface area (Å²) in [7, 11) is 0. The molecule has 3 aromatic rings. The molecule has 0 bridgehead atoms. The van der Waals surface area contributed by atoms with E-state index in [9.17, 15) is 4.79 Å². The Kier molecular flexibility index (Phi) is 5.19. The summed E-state index contributed by atoms with van der Waals surface area (Å²) >= 11 is 14.0. The Balaban J connectivity index is 1.64. The van der Waals surface area contributed by atoms with Crippen molar-refractivity contribution >= 4 is 61.6 Å². The monoisotopic (exact) mass is 421 g/mol. The highest BCUT2D eigenvalue weighted by atomic mass is 35.5. The zero-order valence-corrected chi connectivity index (χ0v) is 16.8. The largest absolute Gasteiger partial charge is 0.318 e. The first-order valence-corrected chi connectivity index (χ1v) is 10.1. The molecule has 0 spiro atoms. The average molecular weight is 422 g/mol. The van der Waals surface area contributed by atoms with Crippen molar-refractivity contribution in [3.8, 4) is 0 Å². The van der Waals surface area contributed by atoms with E-state index in [2.05, 4.69) is 20.6 Å². The van der Waals surface area contributed by atoms with E-state index in [0.717, 1.165) is 15.8 Å². The number of nitrogens with zero attached hydrogens (tertiary/aromatic N) is 3. The highest BCUT2D eigenvalue weighted by Gasteiger charge is 2.33. The number of pyridine rings is 1. The summed E-state index contributed by atoms with van der Waals surface area (Å²) in [6, 6.07) is 9.50. The molecule has 2 aromatic heterocycles. The number of nitrogens with one attached hydrogen (secondary N) is 2. The molecular formula is C18H17Cl2N5OS. The predicted molar refractivity (Wildman–Crippen MR) is 110 cm³/mol. The number of alkyl halides is 2. The van der Waals surface area contributed by atoms with Crippen molar-refractivity contribution in [3.63, 3.8) is 0 Å². The van der Waals surface area contributed by atoms with Crippen molar-refractivity contribution < 1.29 is 4.79 Å². The third kappa shape index (κ3) is 3.60. The number of amides is 1. The third-order valence-electron chi connectivity index (χ3n) is 4.38. The number of benzene rings is 1. The van der Waals surface area contributed by atoms with Gasteiger partial charge < -0.3 is 10.2 Å². The number of para-hydroxylation sites is 1. The van der Waals surface area contributed by atoms with Crippen molar-refractivity contribution in [3.05, 3.63) is 47.7 Å². The number of anilines is 2. The molecule has 2 N–H and O–H groups in total. The van der Waals surface area contributed by atoms with Gasteiger partial charge in [0.15, 0.2) is 5.13 Å². The molecule has 27 heavy (non-hydrogen) atoms. The van der Waals surface area contributed by atoms with Gasteiger partial charge >= 0.3 is 0 Å². The molecule has 1 aromatic carbocycles. The molecule has 1 saturated heterocycles. The number of fused-ring (bicyclic) bond motifs is 1. The van der Waals surface area contributed by atoms with Crippen LogP contribution in [0.5, 0.6) is 0 Å². The molecular weight excluding hydrogens is 405 g/mol. The standard InChI is InChI=1S/C18H17Cl2N5OS/c1-10-4-2-6-12-13(10)23-18(27-12)24-16-11(5-3-7-22-16)17(26)25-9-8-21-14(19)15(25)20/h2-7,14-15,21H,8-9H2,1H3,(H,22,23,24). The van der Waals surface area contributed by atoms with E-state index in [1.807, 2.05) is 25.1 Å². The van der Waals surface area contributed by atoms with Crippen LogP contribution in [0.3, 0.4) is 0 Å². The molecule has 0 saturated carbocycles. The van der Waals surface area contributed by atoms with Gasteiger partial charge in [0.25, 0.3) is 5.91 Å². The number of hydrogen-bond acceptors (Lipinski definition) is 6. The lowest BCUT2D eigenvalue weighted by atomic mass is 10.2. The minimum absolute atomic E-state index is 0.213. The zero-order valence-electron chi connectivity index (χ0n) is 14.4. The molecule has 3 heterocycles. The lowest BCUT2D eigenvalue weighted by molar-refractivity contribution is 0.0694. The number of thiazole rings is 1. The number of aryl methyl sites for hydroxylation is 1. The molecule has 0 aliphatic carbocycles. The van der Waals surface area contributed by atoms with Crippen LogP contribution in [0.1, 0.15) is 15.9 Å². The number of carbonyl (C=O) groups excluding carboxylic acids is 1. The van der Waals surface area contributed by atoms with Crippen LogP contribution in [-0.4, -0.2) is 44.9 Å². The van der Waals surface area contributed by atoms with E-state index < -0.39 is 11.0 Å². The first-order chi connectivity index (χ1) is 13.0. The van der Waals surface area contributed by atoms with E-state index in [4.69, 9.17) is 23.2 Å². The minimum Gasteiger partial charge on any atom is -0.318 e. The molecule has 1 aliphatic rings. The second-order valence-corrected chi connectivity index (χ2v) is 8.14. The summed E-state index contributed by atoms with van der Waals surface area (Å²) in [6.07, 6.45) is 1.64. The van der Waals surface area contributed by atoms with Gasteiger partial charge in [-0.25, -0.2) is 9.97 Å². The first-order valence-electron chi connectivity index (χ1n) is 8.45. The van der Waals surface area contributed by atoms with Crippen molar-refractivity contribution in [1.82, 2.24) is 20.2 Å². The van der Waals surface area contributed by atoms with Crippen molar-refractivity contribution in [2.75, 3.05) is 18.4 Å². The van der Waals surface area contributed by atoms with E-state index in [1.165, 1.54) is 11.3 Å². The van der Waals surface area contributed by atoms with E-state index >= 15 is 0 Å². The van der Waals surface area contributed by atoms with Gasteiger partial charge in [-0.2, -0.15) is 0 Å². The number of carbonyl (C=O) groups is 1. The van der Waals surface area contributed by atoms with E-state index in [-0.39, 0.29) is 5.91 Å². The van der Waals surface area contributed by atoms with Gasteiger partial charge in [-0.05, 0) is 30.7 Å². The molecule has 2 unspecified atom stereocenters. The van der Waals surface area contributed by atoms with Gasteiger partial charge in [0.2, 0.25) is 0 Å². The number of aromatic nitrogens is 2. The van der Waals surface area contributed by atoms with E-state index in [1.54, 1.807) is 23.2 Å². The summed E-state index contributed by atoms with van der Waals surface area (Å²) < 4.78 is 1.08. The molecule has 140 valence electrons. The number of halogens is 2. The van der Waals surface area contributed by atoms with Crippen molar-refractivity contribution in [2.45, 2.75) is 17.9 Å². The Morgan fingerprint density at radius 1 is 1.33 bits per heavy atom. The lowest BCUT2D eigenvalue weighted by Crippen LogP contribution is -2.55. The summed E-state index contributed by atoms with van der Waals surface area (Å²) in [6.45, 7) is 3.09. The van der Waals surface area contributed by atoms with Crippen molar-refractivity contribution in [2.24, 2.45) is 0 Å². The van der Waals surface area contributed by atoms with Crippen LogP contribution in [-0.2, 0) is 0 Å². The van der Waals surface area contributed by atoms with Gasteiger partial charge in [-0.1, -0.05) is 35.1 Å². The second kappa shape index (κ2) is 7.59. The van der Waals surface area contributed by atoms with Crippen LogP contribution in [0.2, 0.25) is 0 Å². The summed E-state index contributed by atoms with van der Waals surface area (Å²) in [5, 5.41) is 6.92. The number of piperazine rings is 1. The van der Waals surface area contributed by atoms with Crippen LogP contribution >= 0.6 is 34.5 Å². The Morgan fingerprint density at radius 2 is 2.19 bits per heavy atom. The fourth-order valence-corrected chi connectivity index (χ4v) is 4.45. The molecule has 4 rings (SSSR count). The number of hydrogen-bond donors (Lipinski definition) is 2. The highest BCUT2D eigenvalue weighted by molar-refractivity contribution is 7.22. The summed E-state index contributed by atoms with van der Waals surface area (Å²) in [5.41, 5.74) is 1.36. The fourth-order valence-electron chi connectivity index (χ4n) is 2.99. The maximum Gasteiger partial charge on any atom is 0.258 e. The van der Waals surface area contributed by atoms with Gasteiger partial charge in [0, 0.05) is 19.3 Å². The Morgan fingerprint density at radius 3 is 3.00 bits per heavy atom. The van der Waals surface area contributed by atoms with Crippen LogP contribution in [0.15, 0.2) is 36.5 Å². The minimum atomic E-state index is -0.633. The van der Waals surface area contributed by atoms with E-state index in [0.29, 0.717) is 29.6 Å². The maximum atomic E-state index is 13.1. The maximum absolute atomic E-state index is 13.1. The summed E-state index contributed by atoms with van der Waals surface area (Å²) in [4.78, 5) is 23.6. The predicted octanol–water partition coefficient (Wildman–Crippen LogP) is 3.92.